The summed E-state index contributed by atoms with van der Waals surface area (Å²) in [6, 6.07) is 0. The Hall–Kier alpha value is 0.360. The van der Waals surface area contributed by atoms with Gasteiger partial charge in [0, 0.05) is 26.2 Å². The van der Waals surface area contributed by atoms with Crippen LogP contribution < -0.4 is 16.8 Å². The number of rotatable bonds is 0. The summed E-state index contributed by atoms with van der Waals surface area (Å²) >= 11 is 0. The molecule has 0 atom stereocenters. The average molecular weight is 184 g/mol. The van der Waals surface area contributed by atoms with Gasteiger partial charge in [-0.3, -0.25) is 0 Å². The Kier molecular flexibility index (Phi) is 10.3. The first kappa shape index (κ1) is 11.2. The molecule has 0 radical (unpaired) electrons. The Labute approximate surface area is 60.6 Å². The molecule has 0 spiro atoms. The Balaban J connectivity index is 0. The minimum absolute atomic E-state index is 0. The summed E-state index contributed by atoms with van der Waals surface area (Å²) in [5.74, 6) is 0. The van der Waals surface area contributed by atoms with Gasteiger partial charge in [-0.2, -0.15) is 0 Å². The van der Waals surface area contributed by atoms with Gasteiger partial charge in [0.05, 0.1) is 0 Å². The summed E-state index contributed by atoms with van der Waals surface area (Å²) in [6.07, 6.45) is 0. The second-order valence-corrected chi connectivity index (χ2v) is 1.50. The molecular weight excluding hydrogens is 170 g/mol. The summed E-state index contributed by atoms with van der Waals surface area (Å²) < 4.78 is 0. The van der Waals surface area contributed by atoms with Gasteiger partial charge in [-0.25, -0.2) is 0 Å². The lowest BCUT2D eigenvalue weighted by molar-refractivity contribution is 0.534. The number of nitrogens with one attached hydrogen (secondary N) is 2. The fraction of sp³-hybridized carbons (Fsp3) is 1.00. The first-order valence-corrected chi connectivity index (χ1v) is 2.41. The molecular formula is C4H14BrN3. The highest BCUT2D eigenvalue weighted by molar-refractivity contribution is 8.93. The predicted octanol–water partition coefficient (Wildman–Crippen LogP) is -0.0809. The minimum atomic E-state index is 0. The van der Waals surface area contributed by atoms with Crippen molar-refractivity contribution in [3.05, 3.63) is 0 Å². The molecule has 1 fully saturated rings. The van der Waals surface area contributed by atoms with Crippen molar-refractivity contribution >= 4 is 17.0 Å². The van der Waals surface area contributed by atoms with E-state index in [1.807, 2.05) is 0 Å². The van der Waals surface area contributed by atoms with Crippen molar-refractivity contribution in [2.24, 2.45) is 0 Å². The van der Waals surface area contributed by atoms with Crippen LogP contribution in [0.25, 0.3) is 0 Å². The van der Waals surface area contributed by atoms with E-state index in [0.717, 1.165) is 26.2 Å². The molecule has 52 valence electrons. The van der Waals surface area contributed by atoms with E-state index in [1.54, 1.807) is 0 Å². The van der Waals surface area contributed by atoms with Gasteiger partial charge < -0.3 is 16.8 Å². The van der Waals surface area contributed by atoms with Crippen LogP contribution >= 0.6 is 17.0 Å². The quantitative estimate of drug-likeness (QED) is 0.493. The lowest BCUT2D eigenvalue weighted by atomic mass is 10.4. The lowest BCUT2D eigenvalue weighted by Gasteiger charge is -2.11. The number of piperazine rings is 1. The molecule has 1 heterocycles. The average Bonchev–Trinajstić information content (AvgIpc) is 1.72. The van der Waals surface area contributed by atoms with Crippen LogP contribution in [-0.2, 0) is 0 Å². The summed E-state index contributed by atoms with van der Waals surface area (Å²) in [5, 5.41) is 6.44. The zero-order chi connectivity index (χ0) is 4.24. The van der Waals surface area contributed by atoms with E-state index in [4.69, 9.17) is 0 Å². The van der Waals surface area contributed by atoms with E-state index in [0.29, 0.717) is 0 Å². The van der Waals surface area contributed by atoms with Crippen molar-refractivity contribution in [1.29, 1.82) is 0 Å². The maximum Gasteiger partial charge on any atom is 0.00772 e. The molecule has 1 aliphatic rings. The second kappa shape index (κ2) is 7.36. The first-order valence-electron chi connectivity index (χ1n) is 2.41. The molecule has 0 aliphatic carbocycles. The summed E-state index contributed by atoms with van der Waals surface area (Å²) in [6.45, 7) is 4.56. The summed E-state index contributed by atoms with van der Waals surface area (Å²) in [5.41, 5.74) is 0. The highest BCUT2D eigenvalue weighted by atomic mass is 79.9. The van der Waals surface area contributed by atoms with Gasteiger partial charge in [0.1, 0.15) is 0 Å². The van der Waals surface area contributed by atoms with Crippen molar-refractivity contribution in [2.45, 2.75) is 0 Å². The largest absolute Gasteiger partial charge is 0.344 e. The molecule has 0 aromatic carbocycles. The van der Waals surface area contributed by atoms with Crippen LogP contribution in [0.2, 0.25) is 0 Å². The third-order valence-corrected chi connectivity index (χ3v) is 0.957. The predicted molar refractivity (Wildman–Crippen MR) is 41.1 cm³/mol. The molecule has 8 heavy (non-hydrogen) atoms. The number of hydrogen-bond acceptors (Lipinski definition) is 3. The SMILES string of the molecule is Br.C1CNCCN1.N. The van der Waals surface area contributed by atoms with Crippen LogP contribution in [0.5, 0.6) is 0 Å². The smallest absolute Gasteiger partial charge is 0.00772 e. The highest BCUT2D eigenvalue weighted by Gasteiger charge is 1.91. The van der Waals surface area contributed by atoms with Crippen molar-refractivity contribution in [3.8, 4) is 0 Å². The van der Waals surface area contributed by atoms with Crippen LogP contribution in [0.3, 0.4) is 0 Å². The first-order chi connectivity index (χ1) is 3.00. The molecule has 0 unspecified atom stereocenters. The van der Waals surface area contributed by atoms with E-state index in [1.165, 1.54) is 0 Å². The number of halogens is 1. The monoisotopic (exact) mass is 183 g/mol. The fourth-order valence-corrected chi connectivity index (χ4v) is 0.604. The standard InChI is InChI=1S/C4H10N2.BrH.H3N/c1-2-6-4-3-5-1;;/h5-6H,1-4H2;1H;1H3. The molecule has 1 rings (SSSR count). The topological polar surface area (TPSA) is 59.1 Å². The Morgan fingerprint density at radius 3 is 1.12 bits per heavy atom. The van der Waals surface area contributed by atoms with Crippen LogP contribution in [0.1, 0.15) is 0 Å². The minimum Gasteiger partial charge on any atom is -0.344 e. The summed E-state index contributed by atoms with van der Waals surface area (Å²) in [4.78, 5) is 0. The van der Waals surface area contributed by atoms with Gasteiger partial charge in [-0.05, 0) is 0 Å². The normalized spacial score (nSPS) is 18.0. The molecule has 4 heteroatoms. The Morgan fingerprint density at radius 1 is 0.750 bits per heavy atom. The fourth-order valence-electron chi connectivity index (χ4n) is 0.604. The van der Waals surface area contributed by atoms with Crippen LogP contribution in [0.15, 0.2) is 0 Å². The maximum absolute atomic E-state index is 3.22. The third-order valence-electron chi connectivity index (χ3n) is 0.957. The third kappa shape index (κ3) is 4.52. The van der Waals surface area contributed by atoms with Crippen LogP contribution in [0.4, 0.5) is 0 Å². The zero-order valence-electron chi connectivity index (χ0n) is 4.94. The molecule has 0 amide bonds. The molecule has 5 N–H and O–H groups in total. The van der Waals surface area contributed by atoms with Crippen molar-refractivity contribution < 1.29 is 0 Å². The van der Waals surface area contributed by atoms with Crippen LogP contribution in [0, 0.1) is 0 Å². The lowest BCUT2D eigenvalue weighted by Crippen LogP contribution is -2.39. The molecule has 1 aliphatic heterocycles. The molecule has 0 saturated carbocycles. The Morgan fingerprint density at radius 2 is 1.00 bits per heavy atom. The van der Waals surface area contributed by atoms with E-state index in [-0.39, 0.29) is 23.1 Å². The van der Waals surface area contributed by atoms with Gasteiger partial charge in [0.25, 0.3) is 0 Å². The molecule has 0 aromatic rings. The van der Waals surface area contributed by atoms with E-state index < -0.39 is 0 Å². The van der Waals surface area contributed by atoms with E-state index >= 15 is 0 Å². The van der Waals surface area contributed by atoms with E-state index in [2.05, 4.69) is 10.6 Å². The van der Waals surface area contributed by atoms with Crippen molar-refractivity contribution in [1.82, 2.24) is 16.8 Å². The van der Waals surface area contributed by atoms with Gasteiger partial charge in [-0.1, -0.05) is 0 Å². The van der Waals surface area contributed by atoms with Crippen LogP contribution in [-0.4, -0.2) is 26.2 Å². The highest BCUT2D eigenvalue weighted by Crippen LogP contribution is 1.65. The van der Waals surface area contributed by atoms with Crippen molar-refractivity contribution in [3.63, 3.8) is 0 Å². The zero-order valence-corrected chi connectivity index (χ0v) is 6.66. The molecule has 3 nitrogen and oxygen atoms in total. The van der Waals surface area contributed by atoms with Gasteiger partial charge in [0.2, 0.25) is 0 Å². The Bertz CT molecular complexity index is 26.8. The maximum atomic E-state index is 3.22. The molecule has 1 saturated heterocycles. The summed E-state index contributed by atoms with van der Waals surface area (Å²) in [7, 11) is 0. The molecule has 0 aromatic heterocycles. The molecule has 0 bridgehead atoms. The van der Waals surface area contributed by atoms with Gasteiger partial charge in [0.15, 0.2) is 0 Å². The number of hydrogen-bond donors (Lipinski definition) is 3. The van der Waals surface area contributed by atoms with E-state index in [9.17, 15) is 0 Å². The van der Waals surface area contributed by atoms with Gasteiger partial charge in [-0.15, -0.1) is 17.0 Å². The van der Waals surface area contributed by atoms with Gasteiger partial charge >= 0.3 is 0 Å². The van der Waals surface area contributed by atoms with Crippen molar-refractivity contribution in [2.75, 3.05) is 26.2 Å². The second-order valence-electron chi connectivity index (χ2n) is 1.50.